The summed E-state index contributed by atoms with van der Waals surface area (Å²) in [7, 11) is 0. The Morgan fingerprint density at radius 2 is 1.75 bits per heavy atom. The van der Waals surface area contributed by atoms with Gasteiger partial charge in [0.1, 0.15) is 18.2 Å². The van der Waals surface area contributed by atoms with E-state index in [0.717, 1.165) is 22.6 Å². The van der Waals surface area contributed by atoms with E-state index in [1.54, 1.807) is 18.2 Å². The van der Waals surface area contributed by atoms with E-state index in [4.69, 9.17) is 21.3 Å². The van der Waals surface area contributed by atoms with E-state index in [1.807, 2.05) is 36.4 Å². The zero-order chi connectivity index (χ0) is 22.5. The van der Waals surface area contributed by atoms with Gasteiger partial charge in [-0.2, -0.15) is 0 Å². The highest BCUT2D eigenvalue weighted by Crippen LogP contribution is 2.19. The van der Waals surface area contributed by atoms with Gasteiger partial charge in [-0.05, 0) is 61.4 Å². The van der Waals surface area contributed by atoms with Crippen LogP contribution in [0.4, 0.5) is 0 Å². The molecule has 32 heavy (non-hydrogen) atoms. The summed E-state index contributed by atoms with van der Waals surface area (Å²) in [5, 5.41) is 3.39. The summed E-state index contributed by atoms with van der Waals surface area (Å²) in [5.74, 6) is 1.60. The number of nitrogens with zero attached hydrogens (tertiary/aromatic N) is 2. The third-order valence-corrected chi connectivity index (χ3v) is 5.59. The first-order valence-electron chi connectivity index (χ1n) is 10.7. The first kappa shape index (κ1) is 21.9. The molecule has 0 aliphatic rings. The van der Waals surface area contributed by atoms with Crippen LogP contribution in [-0.4, -0.2) is 28.6 Å². The number of hydrogen-bond acceptors (Lipinski definition) is 3. The lowest BCUT2D eigenvalue weighted by Crippen LogP contribution is -2.27. The lowest BCUT2D eigenvalue weighted by atomic mass is 10.1. The molecule has 0 spiro atoms. The van der Waals surface area contributed by atoms with Crippen LogP contribution >= 0.6 is 11.6 Å². The molecule has 4 rings (SSSR count). The van der Waals surface area contributed by atoms with Crippen molar-refractivity contribution in [2.24, 2.45) is 0 Å². The average molecular weight is 448 g/mol. The van der Waals surface area contributed by atoms with Crippen molar-refractivity contribution >= 4 is 28.5 Å². The van der Waals surface area contributed by atoms with Gasteiger partial charge in [0.25, 0.3) is 5.91 Å². The van der Waals surface area contributed by atoms with Gasteiger partial charge in [0, 0.05) is 13.0 Å². The van der Waals surface area contributed by atoms with Crippen molar-refractivity contribution in [3.63, 3.8) is 0 Å². The molecule has 5 nitrogen and oxygen atoms in total. The Kier molecular flexibility index (Phi) is 6.76. The third-order valence-electron chi connectivity index (χ3n) is 5.27. The number of para-hydroxylation sites is 2. The van der Waals surface area contributed by atoms with E-state index in [-0.39, 0.29) is 5.91 Å². The molecule has 4 aromatic rings. The quantitative estimate of drug-likeness (QED) is 0.395. The summed E-state index contributed by atoms with van der Waals surface area (Å²) in [6.07, 6.45) is 0.606. The average Bonchev–Trinajstić information content (AvgIpc) is 3.11. The zero-order valence-corrected chi connectivity index (χ0v) is 19.0. The Morgan fingerprint density at radius 1 is 1.03 bits per heavy atom. The molecule has 6 heteroatoms. The SMILES string of the molecule is Cc1cc(C)cc(OCCn2c(CCNC(=O)c3ccccc3Cl)nc3ccccc32)c1. The molecule has 164 valence electrons. The molecule has 0 saturated carbocycles. The minimum absolute atomic E-state index is 0.184. The van der Waals surface area contributed by atoms with Crippen molar-refractivity contribution in [3.8, 4) is 5.75 Å². The normalized spacial score (nSPS) is 11.0. The van der Waals surface area contributed by atoms with Crippen molar-refractivity contribution in [2.45, 2.75) is 26.8 Å². The number of amides is 1. The van der Waals surface area contributed by atoms with Crippen molar-refractivity contribution < 1.29 is 9.53 Å². The highest BCUT2D eigenvalue weighted by molar-refractivity contribution is 6.33. The van der Waals surface area contributed by atoms with Gasteiger partial charge in [-0.3, -0.25) is 4.79 Å². The summed E-state index contributed by atoms with van der Waals surface area (Å²) < 4.78 is 8.19. The Morgan fingerprint density at radius 3 is 2.53 bits per heavy atom. The monoisotopic (exact) mass is 447 g/mol. The Labute approximate surface area is 193 Å². The number of carbonyl (C=O) groups is 1. The van der Waals surface area contributed by atoms with Crippen molar-refractivity contribution in [1.82, 2.24) is 14.9 Å². The molecular weight excluding hydrogens is 422 g/mol. The Bertz CT molecular complexity index is 1230. The number of ether oxygens (including phenoxy) is 1. The van der Waals surface area contributed by atoms with Crippen LogP contribution in [-0.2, 0) is 13.0 Å². The molecule has 3 aromatic carbocycles. The first-order chi connectivity index (χ1) is 15.5. The topological polar surface area (TPSA) is 56.1 Å². The number of aromatic nitrogens is 2. The molecule has 0 fully saturated rings. The summed E-state index contributed by atoms with van der Waals surface area (Å²) in [5.41, 5.74) is 4.84. The van der Waals surface area contributed by atoms with Crippen LogP contribution in [0.1, 0.15) is 27.3 Å². The Hall–Kier alpha value is -3.31. The van der Waals surface area contributed by atoms with E-state index in [9.17, 15) is 4.79 Å². The van der Waals surface area contributed by atoms with Gasteiger partial charge < -0.3 is 14.6 Å². The van der Waals surface area contributed by atoms with E-state index in [1.165, 1.54) is 11.1 Å². The van der Waals surface area contributed by atoms with Gasteiger partial charge in [-0.25, -0.2) is 4.98 Å². The van der Waals surface area contributed by atoms with Gasteiger partial charge in [-0.15, -0.1) is 0 Å². The number of rotatable bonds is 8. The van der Waals surface area contributed by atoms with Crippen molar-refractivity contribution in [3.05, 3.63) is 94.3 Å². The van der Waals surface area contributed by atoms with Gasteiger partial charge in [0.05, 0.1) is 28.2 Å². The van der Waals surface area contributed by atoms with Gasteiger partial charge >= 0.3 is 0 Å². The second-order valence-electron chi connectivity index (χ2n) is 7.83. The summed E-state index contributed by atoms with van der Waals surface area (Å²) in [6.45, 7) is 5.80. The number of benzene rings is 3. The number of hydrogen-bond donors (Lipinski definition) is 1. The van der Waals surface area contributed by atoms with Crippen LogP contribution in [0.3, 0.4) is 0 Å². The fourth-order valence-corrected chi connectivity index (χ4v) is 4.09. The summed E-state index contributed by atoms with van der Waals surface area (Å²) in [6, 6.07) is 21.3. The van der Waals surface area contributed by atoms with Crippen molar-refractivity contribution in [2.75, 3.05) is 13.2 Å². The van der Waals surface area contributed by atoms with Crippen LogP contribution < -0.4 is 10.1 Å². The fraction of sp³-hybridized carbons (Fsp3) is 0.231. The maximum atomic E-state index is 12.5. The van der Waals surface area contributed by atoms with Crippen LogP contribution in [0.5, 0.6) is 5.75 Å². The lowest BCUT2D eigenvalue weighted by Gasteiger charge is -2.12. The Balaban J connectivity index is 1.44. The van der Waals surface area contributed by atoms with Crippen molar-refractivity contribution in [1.29, 1.82) is 0 Å². The van der Waals surface area contributed by atoms with E-state index < -0.39 is 0 Å². The van der Waals surface area contributed by atoms with Gasteiger partial charge in [0.15, 0.2) is 0 Å². The zero-order valence-electron chi connectivity index (χ0n) is 18.3. The molecule has 1 heterocycles. The van der Waals surface area contributed by atoms with Gasteiger partial charge in [0.2, 0.25) is 0 Å². The number of halogens is 1. The molecule has 0 bridgehead atoms. The van der Waals surface area contributed by atoms with Crippen LogP contribution in [0.2, 0.25) is 5.02 Å². The standard InChI is InChI=1S/C26H26ClN3O2/c1-18-15-19(2)17-20(16-18)32-14-13-30-24-10-6-5-9-23(24)29-25(30)11-12-28-26(31)21-7-3-4-8-22(21)27/h3-10,15-17H,11-14H2,1-2H3,(H,28,31). The largest absolute Gasteiger partial charge is 0.492 e. The molecule has 0 saturated heterocycles. The molecule has 0 aliphatic heterocycles. The molecular formula is C26H26ClN3O2. The van der Waals surface area contributed by atoms with Crippen LogP contribution in [0, 0.1) is 13.8 Å². The molecule has 0 atom stereocenters. The number of fused-ring (bicyclic) bond motifs is 1. The van der Waals surface area contributed by atoms with Crippen LogP contribution in [0.25, 0.3) is 11.0 Å². The second-order valence-corrected chi connectivity index (χ2v) is 8.23. The fourth-order valence-electron chi connectivity index (χ4n) is 3.87. The number of aryl methyl sites for hydroxylation is 2. The minimum atomic E-state index is -0.184. The molecule has 1 aromatic heterocycles. The third kappa shape index (κ3) is 5.11. The highest BCUT2D eigenvalue weighted by Gasteiger charge is 2.13. The predicted octanol–water partition coefficient (Wildman–Crippen LogP) is 5.36. The maximum absolute atomic E-state index is 12.5. The minimum Gasteiger partial charge on any atom is -0.492 e. The van der Waals surface area contributed by atoms with E-state index in [2.05, 4.69) is 35.9 Å². The smallest absolute Gasteiger partial charge is 0.252 e. The number of nitrogens with one attached hydrogen (secondary N) is 1. The predicted molar refractivity (Wildman–Crippen MR) is 129 cm³/mol. The molecule has 1 N–H and O–H groups in total. The maximum Gasteiger partial charge on any atom is 0.252 e. The summed E-state index contributed by atoms with van der Waals surface area (Å²) in [4.78, 5) is 17.2. The molecule has 0 radical (unpaired) electrons. The molecule has 1 amide bonds. The lowest BCUT2D eigenvalue weighted by molar-refractivity contribution is 0.0954. The first-order valence-corrected chi connectivity index (χ1v) is 11.1. The summed E-state index contributed by atoms with van der Waals surface area (Å²) >= 11 is 6.13. The highest BCUT2D eigenvalue weighted by atomic mass is 35.5. The van der Waals surface area contributed by atoms with Gasteiger partial charge in [-0.1, -0.05) is 41.9 Å². The van der Waals surface area contributed by atoms with Crippen LogP contribution in [0.15, 0.2) is 66.7 Å². The van der Waals surface area contributed by atoms with E-state index >= 15 is 0 Å². The molecule has 0 unspecified atom stereocenters. The van der Waals surface area contributed by atoms with E-state index in [0.29, 0.717) is 36.7 Å². The number of carbonyl (C=O) groups excluding carboxylic acids is 1. The molecule has 0 aliphatic carbocycles. The number of imidazole rings is 1. The second kappa shape index (κ2) is 9.88.